The van der Waals surface area contributed by atoms with Crippen molar-refractivity contribution >= 4 is 0 Å². The zero-order valence-corrected chi connectivity index (χ0v) is 18.4. The van der Waals surface area contributed by atoms with E-state index in [-0.39, 0.29) is 17.9 Å². The molecule has 9 nitrogen and oxygen atoms in total. The van der Waals surface area contributed by atoms with Gasteiger partial charge in [0, 0.05) is 24.4 Å². The van der Waals surface area contributed by atoms with Crippen LogP contribution in [0.2, 0.25) is 0 Å². The van der Waals surface area contributed by atoms with Crippen LogP contribution in [0.25, 0.3) is 11.3 Å². The third-order valence-corrected chi connectivity index (χ3v) is 6.30. The van der Waals surface area contributed by atoms with Crippen LogP contribution < -0.4 is 0 Å². The second kappa shape index (κ2) is 9.63. The molecule has 2 N–H and O–H groups in total. The minimum atomic E-state index is -1.59. The van der Waals surface area contributed by atoms with E-state index in [0.29, 0.717) is 19.4 Å². The number of ether oxygens (including phenoxy) is 3. The van der Waals surface area contributed by atoms with Crippen molar-refractivity contribution in [2.45, 2.75) is 49.6 Å². The van der Waals surface area contributed by atoms with E-state index in [2.05, 4.69) is 15.3 Å². The molecule has 0 radical (unpaired) electrons. The van der Waals surface area contributed by atoms with Crippen molar-refractivity contribution in [3.63, 3.8) is 0 Å². The van der Waals surface area contributed by atoms with Crippen LogP contribution in [-0.2, 0) is 20.8 Å². The summed E-state index contributed by atoms with van der Waals surface area (Å²) >= 11 is 0. The van der Waals surface area contributed by atoms with Crippen molar-refractivity contribution < 1.29 is 37.6 Å². The maximum absolute atomic E-state index is 13.8. The number of aromatic nitrogens is 4. The van der Waals surface area contributed by atoms with Crippen LogP contribution in [0.15, 0.2) is 42.9 Å². The maximum atomic E-state index is 13.8. The van der Waals surface area contributed by atoms with E-state index in [1.54, 1.807) is 24.5 Å². The standard InChI is InChI=1S/C23H23F3N4O5/c24-15-8-14(9-16(25)19(15)26)17-10-30(29-28-17)20-21(32)18(11-31)35-23(4-1-7-34-23)22(20)33-12-13-2-5-27-6-3-13/h2-3,5-6,8-10,18,20-22,31-32H,1,4,7,11-12H2/t18-,20+,21+,22-,23+/m1/s1. The molecule has 2 aliphatic rings. The molecule has 5 atom stereocenters. The molecule has 2 aromatic heterocycles. The number of aliphatic hydroxyl groups is 2. The molecule has 186 valence electrons. The summed E-state index contributed by atoms with van der Waals surface area (Å²) in [5, 5.41) is 29.0. The maximum Gasteiger partial charge on any atom is 0.197 e. The number of nitrogens with zero attached hydrogens (tertiary/aromatic N) is 4. The van der Waals surface area contributed by atoms with E-state index < -0.39 is 54.2 Å². The van der Waals surface area contributed by atoms with Crippen LogP contribution in [-0.4, -0.2) is 67.5 Å². The first-order chi connectivity index (χ1) is 16.9. The summed E-state index contributed by atoms with van der Waals surface area (Å²) in [5.74, 6) is -5.57. The third kappa shape index (κ3) is 4.43. The molecule has 5 rings (SSSR count). The summed E-state index contributed by atoms with van der Waals surface area (Å²) in [5.41, 5.74) is 0.840. The highest BCUT2D eigenvalue weighted by Gasteiger charge is 2.58. The minimum absolute atomic E-state index is 0.0333. The van der Waals surface area contributed by atoms with E-state index in [1.807, 2.05) is 0 Å². The zero-order valence-electron chi connectivity index (χ0n) is 18.4. The van der Waals surface area contributed by atoms with Crippen molar-refractivity contribution in [2.75, 3.05) is 13.2 Å². The zero-order chi connectivity index (χ0) is 24.6. The minimum Gasteiger partial charge on any atom is -0.394 e. The first kappa shape index (κ1) is 23.8. The summed E-state index contributed by atoms with van der Waals surface area (Å²) in [4.78, 5) is 3.98. The first-order valence-corrected chi connectivity index (χ1v) is 11.1. The topological polar surface area (TPSA) is 112 Å². The van der Waals surface area contributed by atoms with Gasteiger partial charge in [-0.3, -0.25) is 4.98 Å². The number of pyridine rings is 1. The van der Waals surface area contributed by atoms with Crippen LogP contribution in [0.4, 0.5) is 13.2 Å². The average Bonchev–Trinajstić information content (AvgIpc) is 3.54. The van der Waals surface area contributed by atoms with Gasteiger partial charge in [0.25, 0.3) is 0 Å². The largest absolute Gasteiger partial charge is 0.394 e. The molecule has 1 spiro atoms. The molecule has 1 aromatic carbocycles. The summed E-state index contributed by atoms with van der Waals surface area (Å²) in [6.07, 6.45) is 2.56. The van der Waals surface area contributed by atoms with Crippen LogP contribution in [0.1, 0.15) is 24.4 Å². The number of halogens is 3. The molecule has 4 heterocycles. The predicted molar refractivity (Wildman–Crippen MR) is 113 cm³/mol. The fraction of sp³-hybridized carbons (Fsp3) is 0.435. The fourth-order valence-corrected chi connectivity index (χ4v) is 4.59. The Morgan fingerprint density at radius 2 is 1.91 bits per heavy atom. The average molecular weight is 492 g/mol. The van der Waals surface area contributed by atoms with Crippen molar-refractivity contribution in [1.29, 1.82) is 0 Å². The van der Waals surface area contributed by atoms with Gasteiger partial charge < -0.3 is 24.4 Å². The number of benzene rings is 1. The second-order valence-corrected chi connectivity index (χ2v) is 8.51. The lowest BCUT2D eigenvalue weighted by Gasteiger charge is -2.49. The third-order valence-electron chi connectivity index (χ3n) is 6.30. The molecule has 3 aromatic rings. The van der Waals surface area contributed by atoms with Crippen LogP contribution in [0.3, 0.4) is 0 Å². The van der Waals surface area contributed by atoms with Gasteiger partial charge in [-0.15, -0.1) is 5.10 Å². The van der Waals surface area contributed by atoms with E-state index in [9.17, 15) is 23.4 Å². The molecule has 2 aliphatic heterocycles. The van der Waals surface area contributed by atoms with Gasteiger partial charge in [-0.2, -0.15) is 0 Å². The SMILES string of the molecule is OC[C@H]1O[C@@]2(CCCO2)[C@H](OCc2ccncc2)[C@@H](n2cc(-c3cc(F)c(F)c(F)c3)nn2)[C@H]1O. The molecule has 12 heteroatoms. The Balaban J connectivity index is 1.52. The molecular formula is C23H23F3N4O5. The Bertz CT molecular complexity index is 1150. The van der Waals surface area contributed by atoms with Gasteiger partial charge in [-0.05, 0) is 36.2 Å². The smallest absolute Gasteiger partial charge is 0.197 e. The van der Waals surface area contributed by atoms with Gasteiger partial charge in [0.1, 0.15) is 30.0 Å². The van der Waals surface area contributed by atoms with Gasteiger partial charge in [-0.1, -0.05) is 5.21 Å². The van der Waals surface area contributed by atoms with Crippen molar-refractivity contribution in [3.8, 4) is 11.3 Å². The van der Waals surface area contributed by atoms with Crippen molar-refractivity contribution in [3.05, 3.63) is 65.9 Å². The summed E-state index contributed by atoms with van der Waals surface area (Å²) in [7, 11) is 0. The lowest BCUT2D eigenvalue weighted by Crippen LogP contribution is -2.63. The predicted octanol–water partition coefficient (Wildman–Crippen LogP) is 2.14. The lowest BCUT2D eigenvalue weighted by atomic mass is 9.88. The normalized spacial score (nSPS) is 28.6. The first-order valence-electron chi connectivity index (χ1n) is 11.1. The van der Waals surface area contributed by atoms with Gasteiger partial charge in [0.05, 0.1) is 26.0 Å². The Hall–Kier alpha value is -2.90. The number of aliphatic hydroxyl groups excluding tert-OH is 2. The Morgan fingerprint density at radius 1 is 1.17 bits per heavy atom. The molecule has 0 amide bonds. The number of hydrogen-bond acceptors (Lipinski definition) is 8. The molecule has 0 unspecified atom stereocenters. The Kier molecular flexibility index (Phi) is 6.55. The van der Waals surface area contributed by atoms with Crippen LogP contribution in [0, 0.1) is 17.5 Å². The van der Waals surface area contributed by atoms with Crippen LogP contribution in [0.5, 0.6) is 0 Å². The lowest BCUT2D eigenvalue weighted by molar-refractivity contribution is -0.348. The van der Waals surface area contributed by atoms with Crippen molar-refractivity contribution in [2.24, 2.45) is 0 Å². The van der Waals surface area contributed by atoms with Crippen LogP contribution >= 0.6 is 0 Å². The highest BCUT2D eigenvalue weighted by molar-refractivity contribution is 5.57. The van der Waals surface area contributed by atoms with E-state index in [1.165, 1.54) is 10.9 Å². The Morgan fingerprint density at radius 3 is 2.57 bits per heavy atom. The molecule has 2 saturated heterocycles. The number of hydrogen-bond donors (Lipinski definition) is 2. The van der Waals surface area contributed by atoms with E-state index in [0.717, 1.165) is 17.7 Å². The van der Waals surface area contributed by atoms with Gasteiger partial charge in [0.15, 0.2) is 23.2 Å². The summed E-state index contributed by atoms with van der Waals surface area (Å²) < 4.78 is 60.5. The second-order valence-electron chi connectivity index (χ2n) is 8.51. The van der Waals surface area contributed by atoms with Crippen molar-refractivity contribution in [1.82, 2.24) is 20.0 Å². The van der Waals surface area contributed by atoms with Gasteiger partial charge in [-0.25, -0.2) is 17.9 Å². The quantitative estimate of drug-likeness (QED) is 0.504. The summed E-state index contributed by atoms with van der Waals surface area (Å²) in [6, 6.07) is 4.24. The molecular weight excluding hydrogens is 469 g/mol. The molecule has 2 fully saturated rings. The fourth-order valence-electron chi connectivity index (χ4n) is 4.59. The van der Waals surface area contributed by atoms with Gasteiger partial charge in [0.2, 0.25) is 0 Å². The van der Waals surface area contributed by atoms with E-state index in [4.69, 9.17) is 14.2 Å². The highest BCUT2D eigenvalue weighted by atomic mass is 19.2. The Labute approximate surface area is 198 Å². The van der Waals surface area contributed by atoms with E-state index >= 15 is 0 Å². The highest BCUT2D eigenvalue weighted by Crippen LogP contribution is 2.45. The molecule has 0 saturated carbocycles. The molecule has 0 bridgehead atoms. The van der Waals surface area contributed by atoms with Gasteiger partial charge >= 0.3 is 0 Å². The molecule has 35 heavy (non-hydrogen) atoms. The molecule has 0 aliphatic carbocycles. The number of rotatable bonds is 6. The summed E-state index contributed by atoms with van der Waals surface area (Å²) in [6.45, 7) is 0.0488. The monoisotopic (exact) mass is 492 g/mol.